The summed E-state index contributed by atoms with van der Waals surface area (Å²) in [7, 11) is 0. The van der Waals surface area contributed by atoms with Crippen molar-refractivity contribution in [1.29, 1.82) is 0 Å². The highest BCUT2D eigenvalue weighted by molar-refractivity contribution is 5.78. The summed E-state index contributed by atoms with van der Waals surface area (Å²) in [6.07, 6.45) is 2.67. The lowest BCUT2D eigenvalue weighted by Crippen LogP contribution is -2.54. The topological polar surface area (TPSA) is 81.9 Å². The normalized spacial score (nSPS) is 30.1. The van der Waals surface area contributed by atoms with Crippen LogP contribution in [-0.4, -0.2) is 48.8 Å². The highest BCUT2D eigenvalue weighted by Gasteiger charge is 2.36. The quantitative estimate of drug-likeness (QED) is 0.752. The summed E-state index contributed by atoms with van der Waals surface area (Å²) in [5.41, 5.74) is 5.06. The van der Waals surface area contributed by atoms with Crippen LogP contribution in [0.25, 0.3) is 0 Å². The fraction of sp³-hybridized carbons (Fsp3) is 0.818. The SMILES string of the molecule is NC(=O)O[C@@H]1CCCC[C@H]1N1CCOCC1=O. The fourth-order valence-electron chi connectivity index (χ4n) is 2.60. The van der Waals surface area contributed by atoms with Crippen LogP contribution in [0, 0.1) is 0 Å². The van der Waals surface area contributed by atoms with Gasteiger partial charge in [-0.2, -0.15) is 0 Å². The van der Waals surface area contributed by atoms with Crippen LogP contribution in [0.3, 0.4) is 0 Å². The molecule has 6 nitrogen and oxygen atoms in total. The fourth-order valence-corrected chi connectivity index (χ4v) is 2.60. The lowest BCUT2D eigenvalue weighted by atomic mass is 9.91. The van der Waals surface area contributed by atoms with E-state index < -0.39 is 6.09 Å². The average molecular weight is 242 g/mol. The van der Waals surface area contributed by atoms with Gasteiger partial charge in [-0.25, -0.2) is 4.79 Å². The van der Waals surface area contributed by atoms with Gasteiger partial charge in [0, 0.05) is 6.54 Å². The number of nitrogens with two attached hydrogens (primary N) is 1. The Bertz CT molecular complexity index is 308. The van der Waals surface area contributed by atoms with Gasteiger partial charge >= 0.3 is 6.09 Å². The van der Waals surface area contributed by atoms with Crippen LogP contribution in [-0.2, 0) is 14.3 Å². The zero-order chi connectivity index (χ0) is 12.3. The van der Waals surface area contributed by atoms with Crippen LogP contribution < -0.4 is 5.73 Å². The smallest absolute Gasteiger partial charge is 0.404 e. The number of amides is 2. The van der Waals surface area contributed by atoms with Crippen LogP contribution in [0.2, 0.25) is 0 Å². The van der Waals surface area contributed by atoms with E-state index in [1.165, 1.54) is 0 Å². The lowest BCUT2D eigenvalue weighted by Gasteiger charge is -2.40. The molecule has 2 aliphatic rings. The van der Waals surface area contributed by atoms with Gasteiger partial charge in [0.15, 0.2) is 0 Å². The zero-order valence-corrected chi connectivity index (χ0v) is 9.76. The van der Waals surface area contributed by atoms with E-state index in [2.05, 4.69) is 0 Å². The molecule has 0 radical (unpaired) electrons. The minimum absolute atomic E-state index is 0.0266. The Labute approximate surface area is 100 Å². The molecular formula is C11H18N2O4. The van der Waals surface area contributed by atoms with Gasteiger partial charge in [0.1, 0.15) is 12.7 Å². The van der Waals surface area contributed by atoms with E-state index in [0.717, 1.165) is 25.7 Å². The number of primary amides is 1. The minimum atomic E-state index is -0.761. The molecule has 2 rings (SSSR count). The third kappa shape index (κ3) is 2.88. The number of ether oxygens (including phenoxy) is 2. The van der Waals surface area contributed by atoms with Crippen LogP contribution in [0.1, 0.15) is 25.7 Å². The molecule has 1 aliphatic heterocycles. The molecule has 0 spiro atoms. The first-order chi connectivity index (χ1) is 8.18. The molecule has 2 atom stereocenters. The standard InChI is InChI=1S/C11H18N2O4/c12-11(15)17-9-4-2-1-3-8(9)13-5-6-16-7-10(13)14/h8-9H,1-7H2,(H2,12,15)/t8-,9-/m1/s1. The Kier molecular flexibility index (Phi) is 3.83. The number of rotatable bonds is 2. The van der Waals surface area contributed by atoms with Gasteiger partial charge in [-0.05, 0) is 19.3 Å². The predicted octanol–water partition coefficient (Wildman–Crippen LogP) is 0.252. The summed E-state index contributed by atoms with van der Waals surface area (Å²) in [6, 6.07) is -0.0346. The van der Waals surface area contributed by atoms with E-state index >= 15 is 0 Å². The molecule has 0 bridgehead atoms. The second-order valence-corrected chi connectivity index (χ2v) is 4.47. The highest BCUT2D eigenvalue weighted by atomic mass is 16.6. The van der Waals surface area contributed by atoms with E-state index in [1.807, 2.05) is 0 Å². The van der Waals surface area contributed by atoms with Crippen molar-refractivity contribution in [3.63, 3.8) is 0 Å². The highest BCUT2D eigenvalue weighted by Crippen LogP contribution is 2.26. The minimum Gasteiger partial charge on any atom is -0.444 e. The second-order valence-electron chi connectivity index (χ2n) is 4.47. The molecule has 0 aromatic heterocycles. The molecule has 2 N–H and O–H groups in total. The van der Waals surface area contributed by atoms with Gasteiger partial charge in [-0.3, -0.25) is 4.79 Å². The Morgan fingerprint density at radius 1 is 1.41 bits per heavy atom. The van der Waals surface area contributed by atoms with E-state index in [9.17, 15) is 9.59 Å². The summed E-state index contributed by atoms with van der Waals surface area (Å²) in [6.45, 7) is 1.24. The number of hydrogen-bond donors (Lipinski definition) is 1. The molecule has 17 heavy (non-hydrogen) atoms. The van der Waals surface area contributed by atoms with Gasteiger partial charge < -0.3 is 20.1 Å². The summed E-state index contributed by atoms with van der Waals surface area (Å²) in [4.78, 5) is 24.4. The summed E-state index contributed by atoms with van der Waals surface area (Å²) >= 11 is 0. The van der Waals surface area contributed by atoms with E-state index in [-0.39, 0.29) is 24.7 Å². The molecule has 1 saturated heterocycles. The zero-order valence-electron chi connectivity index (χ0n) is 9.76. The number of carbonyl (C=O) groups excluding carboxylic acids is 2. The monoisotopic (exact) mass is 242 g/mol. The molecule has 96 valence electrons. The second kappa shape index (κ2) is 5.35. The third-order valence-electron chi connectivity index (χ3n) is 3.36. The molecule has 1 heterocycles. The van der Waals surface area contributed by atoms with Crippen molar-refractivity contribution < 1.29 is 19.1 Å². The summed E-state index contributed by atoms with van der Waals surface area (Å²) < 4.78 is 10.2. The molecular weight excluding hydrogens is 224 g/mol. The van der Waals surface area contributed by atoms with Crippen molar-refractivity contribution >= 4 is 12.0 Å². The molecule has 2 amide bonds. The Morgan fingerprint density at radius 3 is 2.88 bits per heavy atom. The first kappa shape index (κ1) is 12.2. The van der Waals surface area contributed by atoms with Gasteiger partial charge in [0.05, 0.1) is 12.6 Å². The number of morpholine rings is 1. The van der Waals surface area contributed by atoms with Crippen molar-refractivity contribution in [2.45, 2.75) is 37.8 Å². The maximum absolute atomic E-state index is 11.8. The molecule has 1 saturated carbocycles. The Balaban J connectivity index is 2.04. The predicted molar refractivity (Wildman–Crippen MR) is 59.2 cm³/mol. The van der Waals surface area contributed by atoms with Crippen LogP contribution in [0.5, 0.6) is 0 Å². The summed E-state index contributed by atoms with van der Waals surface area (Å²) in [5, 5.41) is 0. The van der Waals surface area contributed by atoms with Gasteiger partial charge in [0.25, 0.3) is 0 Å². The first-order valence-corrected chi connectivity index (χ1v) is 6.02. The Hall–Kier alpha value is -1.30. The molecule has 1 aliphatic carbocycles. The molecule has 0 aromatic carbocycles. The molecule has 0 unspecified atom stereocenters. The van der Waals surface area contributed by atoms with Crippen LogP contribution in [0.4, 0.5) is 4.79 Å². The van der Waals surface area contributed by atoms with Gasteiger partial charge in [-0.15, -0.1) is 0 Å². The van der Waals surface area contributed by atoms with Crippen molar-refractivity contribution in [3.8, 4) is 0 Å². The first-order valence-electron chi connectivity index (χ1n) is 6.02. The molecule has 2 fully saturated rings. The number of hydrogen-bond acceptors (Lipinski definition) is 4. The van der Waals surface area contributed by atoms with Gasteiger partial charge in [0.2, 0.25) is 5.91 Å². The van der Waals surface area contributed by atoms with Crippen molar-refractivity contribution in [3.05, 3.63) is 0 Å². The van der Waals surface area contributed by atoms with E-state index in [0.29, 0.717) is 13.2 Å². The summed E-state index contributed by atoms with van der Waals surface area (Å²) in [5.74, 6) is -0.0266. The van der Waals surface area contributed by atoms with Crippen molar-refractivity contribution in [1.82, 2.24) is 4.90 Å². The maximum Gasteiger partial charge on any atom is 0.404 e. The van der Waals surface area contributed by atoms with E-state index in [4.69, 9.17) is 15.2 Å². The molecule has 0 aromatic rings. The van der Waals surface area contributed by atoms with Gasteiger partial charge in [-0.1, -0.05) is 6.42 Å². The van der Waals surface area contributed by atoms with Crippen molar-refractivity contribution in [2.24, 2.45) is 5.73 Å². The maximum atomic E-state index is 11.8. The van der Waals surface area contributed by atoms with Crippen molar-refractivity contribution in [2.75, 3.05) is 19.8 Å². The van der Waals surface area contributed by atoms with Crippen LogP contribution in [0.15, 0.2) is 0 Å². The third-order valence-corrected chi connectivity index (χ3v) is 3.36. The average Bonchev–Trinajstić information content (AvgIpc) is 2.30. The number of carbonyl (C=O) groups is 2. The Morgan fingerprint density at radius 2 is 2.18 bits per heavy atom. The largest absolute Gasteiger partial charge is 0.444 e. The lowest BCUT2D eigenvalue weighted by molar-refractivity contribution is -0.150. The number of nitrogens with zero attached hydrogens (tertiary/aromatic N) is 1. The molecule has 6 heteroatoms. The van der Waals surface area contributed by atoms with E-state index in [1.54, 1.807) is 4.90 Å². The van der Waals surface area contributed by atoms with Crippen LogP contribution >= 0.6 is 0 Å².